The Kier molecular flexibility index (Phi) is 6.64. The summed E-state index contributed by atoms with van der Waals surface area (Å²) in [5, 5.41) is 7.83. The second kappa shape index (κ2) is 9.36. The summed E-state index contributed by atoms with van der Waals surface area (Å²) in [4.78, 5) is 16.7. The van der Waals surface area contributed by atoms with Crippen LogP contribution in [0.4, 0.5) is 5.69 Å². The van der Waals surface area contributed by atoms with Crippen LogP contribution in [0.15, 0.2) is 30.5 Å². The summed E-state index contributed by atoms with van der Waals surface area (Å²) in [6.45, 7) is 7.69. The van der Waals surface area contributed by atoms with E-state index in [0.717, 1.165) is 50.6 Å². The number of hydrogen-bond donors (Lipinski definition) is 0. The van der Waals surface area contributed by atoms with Crippen LogP contribution in [0.25, 0.3) is 0 Å². The molecular formula is C19H27N5O3. The lowest BCUT2D eigenvalue weighted by atomic mass is 10.2. The number of para-hydroxylation sites is 2. The molecule has 0 spiro atoms. The largest absolute Gasteiger partial charge is 0.495 e. The van der Waals surface area contributed by atoms with E-state index in [1.165, 1.54) is 6.20 Å². The molecule has 0 atom stereocenters. The molecule has 0 saturated carbocycles. The fourth-order valence-corrected chi connectivity index (χ4v) is 3.33. The molecular weight excluding hydrogens is 346 g/mol. The summed E-state index contributed by atoms with van der Waals surface area (Å²) in [6, 6.07) is 8.15. The number of benzene rings is 1. The molecule has 3 rings (SSSR count). The van der Waals surface area contributed by atoms with Crippen LogP contribution in [0.1, 0.15) is 23.8 Å². The van der Waals surface area contributed by atoms with Crippen LogP contribution in [-0.4, -0.2) is 72.3 Å². The van der Waals surface area contributed by atoms with Crippen molar-refractivity contribution in [1.82, 2.24) is 19.9 Å². The van der Waals surface area contributed by atoms with Crippen LogP contribution in [-0.2, 0) is 11.3 Å². The first-order chi connectivity index (χ1) is 13.2. The predicted octanol–water partition coefficient (Wildman–Crippen LogP) is 1.68. The normalized spacial score (nSPS) is 15.0. The molecule has 8 heteroatoms. The number of aryl methyl sites for hydroxylation is 1. The van der Waals surface area contributed by atoms with Crippen LogP contribution in [0.5, 0.6) is 5.75 Å². The van der Waals surface area contributed by atoms with Gasteiger partial charge in [-0.3, -0.25) is 4.90 Å². The molecule has 0 bridgehead atoms. The zero-order valence-corrected chi connectivity index (χ0v) is 16.0. The van der Waals surface area contributed by atoms with Gasteiger partial charge in [-0.2, -0.15) is 0 Å². The molecule has 2 heterocycles. The molecule has 1 aromatic carbocycles. The summed E-state index contributed by atoms with van der Waals surface area (Å²) in [7, 11) is 1.71. The van der Waals surface area contributed by atoms with Gasteiger partial charge >= 0.3 is 5.97 Å². The van der Waals surface area contributed by atoms with Crippen molar-refractivity contribution in [1.29, 1.82) is 0 Å². The molecule has 0 amide bonds. The summed E-state index contributed by atoms with van der Waals surface area (Å²) in [5.41, 5.74) is 1.57. The zero-order valence-electron chi connectivity index (χ0n) is 16.0. The Morgan fingerprint density at radius 1 is 1.15 bits per heavy atom. The standard InChI is InChI=1S/C19H27N5O3/c1-3-27-19(25)17-15-20-21-24(17)10-6-9-22-11-13-23(14-12-22)16-7-4-5-8-18(16)26-2/h4-5,7-8,15H,3,6,9-14H2,1-2H3. The second-order valence-corrected chi connectivity index (χ2v) is 6.42. The summed E-state index contributed by atoms with van der Waals surface area (Å²) >= 11 is 0. The average Bonchev–Trinajstić information content (AvgIpc) is 3.17. The molecule has 1 aliphatic heterocycles. The van der Waals surface area contributed by atoms with Gasteiger partial charge in [-0.25, -0.2) is 9.48 Å². The number of anilines is 1. The number of methoxy groups -OCH3 is 1. The van der Waals surface area contributed by atoms with Crippen LogP contribution in [0, 0.1) is 0 Å². The third-order valence-corrected chi connectivity index (χ3v) is 4.74. The number of piperazine rings is 1. The fraction of sp³-hybridized carbons (Fsp3) is 0.526. The van der Waals surface area contributed by atoms with Crippen molar-refractivity contribution in [3.8, 4) is 5.75 Å². The fourth-order valence-electron chi connectivity index (χ4n) is 3.33. The number of nitrogens with zero attached hydrogens (tertiary/aromatic N) is 5. The predicted molar refractivity (Wildman–Crippen MR) is 102 cm³/mol. The highest BCUT2D eigenvalue weighted by molar-refractivity contribution is 5.87. The Labute approximate surface area is 159 Å². The monoisotopic (exact) mass is 373 g/mol. The van der Waals surface area contributed by atoms with Crippen molar-refractivity contribution in [2.24, 2.45) is 0 Å². The van der Waals surface area contributed by atoms with E-state index in [1.807, 2.05) is 18.2 Å². The minimum Gasteiger partial charge on any atom is -0.495 e. The molecule has 8 nitrogen and oxygen atoms in total. The average molecular weight is 373 g/mol. The second-order valence-electron chi connectivity index (χ2n) is 6.42. The SMILES string of the molecule is CCOC(=O)c1cnnn1CCCN1CCN(c2ccccc2OC)CC1. The van der Waals surface area contributed by atoms with Crippen LogP contribution in [0.2, 0.25) is 0 Å². The Morgan fingerprint density at radius 2 is 1.93 bits per heavy atom. The first kappa shape index (κ1) is 19.2. The Morgan fingerprint density at radius 3 is 2.67 bits per heavy atom. The first-order valence-electron chi connectivity index (χ1n) is 9.39. The van der Waals surface area contributed by atoms with Gasteiger partial charge in [0.15, 0.2) is 5.69 Å². The van der Waals surface area contributed by atoms with Gasteiger partial charge in [0.1, 0.15) is 5.75 Å². The molecule has 1 aliphatic rings. The zero-order chi connectivity index (χ0) is 19.1. The number of esters is 1. The molecule has 27 heavy (non-hydrogen) atoms. The van der Waals surface area contributed by atoms with Gasteiger partial charge in [-0.05, 0) is 25.5 Å². The Bertz CT molecular complexity index is 740. The summed E-state index contributed by atoms with van der Waals surface area (Å²) in [5.74, 6) is 0.552. The molecule has 2 aromatic rings. The van der Waals surface area contributed by atoms with Gasteiger partial charge in [0, 0.05) is 39.3 Å². The number of ether oxygens (including phenoxy) is 2. The summed E-state index contributed by atoms with van der Waals surface area (Å²) < 4.78 is 12.1. The Balaban J connectivity index is 1.45. The van der Waals surface area contributed by atoms with E-state index in [-0.39, 0.29) is 5.97 Å². The van der Waals surface area contributed by atoms with E-state index < -0.39 is 0 Å². The van der Waals surface area contributed by atoms with E-state index in [1.54, 1.807) is 18.7 Å². The number of carbonyl (C=O) groups excluding carboxylic acids is 1. The highest BCUT2D eigenvalue weighted by atomic mass is 16.5. The smallest absolute Gasteiger partial charge is 0.358 e. The van der Waals surface area contributed by atoms with E-state index in [9.17, 15) is 4.79 Å². The number of rotatable bonds is 8. The van der Waals surface area contributed by atoms with Gasteiger partial charge in [-0.1, -0.05) is 17.3 Å². The number of carbonyl (C=O) groups is 1. The minimum atomic E-state index is -0.368. The number of aromatic nitrogens is 3. The van der Waals surface area contributed by atoms with E-state index in [0.29, 0.717) is 18.8 Å². The molecule has 1 aromatic heterocycles. The van der Waals surface area contributed by atoms with Crippen LogP contribution >= 0.6 is 0 Å². The molecule has 0 aliphatic carbocycles. The molecule has 1 saturated heterocycles. The topological polar surface area (TPSA) is 72.7 Å². The van der Waals surface area contributed by atoms with Crippen LogP contribution < -0.4 is 9.64 Å². The van der Waals surface area contributed by atoms with Crippen molar-refractivity contribution < 1.29 is 14.3 Å². The van der Waals surface area contributed by atoms with Gasteiger partial charge in [-0.15, -0.1) is 5.10 Å². The van der Waals surface area contributed by atoms with Gasteiger partial charge in [0.05, 0.1) is 25.6 Å². The van der Waals surface area contributed by atoms with Crippen molar-refractivity contribution in [2.75, 3.05) is 51.3 Å². The lowest BCUT2D eigenvalue weighted by molar-refractivity contribution is 0.0511. The molecule has 0 radical (unpaired) electrons. The highest BCUT2D eigenvalue weighted by Gasteiger charge is 2.20. The maximum absolute atomic E-state index is 11.9. The van der Waals surface area contributed by atoms with Crippen molar-refractivity contribution in [3.05, 3.63) is 36.2 Å². The van der Waals surface area contributed by atoms with Crippen LogP contribution in [0.3, 0.4) is 0 Å². The first-order valence-corrected chi connectivity index (χ1v) is 9.39. The lowest BCUT2D eigenvalue weighted by Crippen LogP contribution is -2.46. The van der Waals surface area contributed by atoms with E-state index in [4.69, 9.17) is 9.47 Å². The quantitative estimate of drug-likeness (QED) is 0.652. The maximum atomic E-state index is 11.9. The molecule has 0 N–H and O–H groups in total. The number of hydrogen-bond acceptors (Lipinski definition) is 7. The maximum Gasteiger partial charge on any atom is 0.358 e. The lowest BCUT2D eigenvalue weighted by Gasteiger charge is -2.36. The molecule has 146 valence electrons. The minimum absolute atomic E-state index is 0.348. The van der Waals surface area contributed by atoms with Crippen molar-refractivity contribution in [2.45, 2.75) is 19.9 Å². The molecule has 1 fully saturated rings. The van der Waals surface area contributed by atoms with E-state index in [2.05, 4.69) is 26.2 Å². The highest BCUT2D eigenvalue weighted by Crippen LogP contribution is 2.28. The third kappa shape index (κ3) is 4.77. The molecule has 0 unspecified atom stereocenters. The van der Waals surface area contributed by atoms with E-state index >= 15 is 0 Å². The van der Waals surface area contributed by atoms with Crippen molar-refractivity contribution in [3.63, 3.8) is 0 Å². The van der Waals surface area contributed by atoms with Gasteiger partial charge < -0.3 is 14.4 Å². The Hall–Kier alpha value is -2.61. The van der Waals surface area contributed by atoms with Gasteiger partial charge in [0.2, 0.25) is 0 Å². The summed E-state index contributed by atoms with van der Waals surface area (Å²) in [6.07, 6.45) is 2.37. The third-order valence-electron chi connectivity index (χ3n) is 4.74. The van der Waals surface area contributed by atoms with Crippen molar-refractivity contribution >= 4 is 11.7 Å². The van der Waals surface area contributed by atoms with Gasteiger partial charge in [0.25, 0.3) is 0 Å².